The van der Waals surface area contributed by atoms with E-state index >= 15 is 4.39 Å². The van der Waals surface area contributed by atoms with Crippen LogP contribution in [0, 0.1) is 35.8 Å². The first-order chi connectivity index (χ1) is 21.7. The Morgan fingerprint density at radius 3 is 2.73 bits per heavy atom. The molecule has 8 nitrogen and oxygen atoms in total. The number of anilines is 1. The van der Waals surface area contributed by atoms with Crippen LogP contribution < -0.4 is 9.64 Å². The lowest BCUT2D eigenvalue weighted by Crippen LogP contribution is -2.43. The van der Waals surface area contributed by atoms with Crippen molar-refractivity contribution in [3.63, 3.8) is 0 Å². The molecule has 2 aromatic heterocycles. The molecule has 45 heavy (non-hydrogen) atoms. The van der Waals surface area contributed by atoms with Crippen LogP contribution in [0.5, 0.6) is 11.8 Å². The third kappa shape index (κ3) is 4.87. The van der Waals surface area contributed by atoms with E-state index in [0.717, 1.165) is 19.4 Å². The van der Waals surface area contributed by atoms with Crippen molar-refractivity contribution in [3.8, 4) is 47.2 Å². The predicted octanol–water partition coefficient (Wildman–Crippen LogP) is 4.71. The number of nitrogens with zero attached hydrogens (tertiary/aromatic N) is 5. The van der Waals surface area contributed by atoms with Gasteiger partial charge in [-0.25, -0.2) is 18.2 Å². The largest absolute Gasteiger partial charge is 0.508 e. The number of rotatable bonds is 5. The second-order valence-electron chi connectivity index (χ2n) is 12.0. The monoisotopic (exact) mass is 613 g/mol. The smallest absolute Gasteiger partial charge is 0.319 e. The summed E-state index contributed by atoms with van der Waals surface area (Å²) in [6.45, 7) is 3.55. The molecule has 3 saturated heterocycles. The number of terminal acetylenes is 1. The van der Waals surface area contributed by atoms with Crippen molar-refractivity contribution in [2.24, 2.45) is 0 Å². The second-order valence-corrected chi connectivity index (χ2v) is 12.0. The molecule has 11 heteroatoms. The molecular formula is C34H30F3N5O3. The summed E-state index contributed by atoms with van der Waals surface area (Å²) in [5.41, 5.74) is -0.761. The maximum atomic E-state index is 16.9. The molecule has 0 saturated carbocycles. The first-order valence-corrected chi connectivity index (χ1v) is 14.9. The summed E-state index contributed by atoms with van der Waals surface area (Å²) >= 11 is 0. The standard InChI is InChI=1S/C34H30F3N5O3/c1-3-6-26-28-31(29(37)30(38-26)24-14-22(44)13-19-7-8-25(36)23(4-2)27(19)24)39-33(40-32(28)41-12-9-21(43)17-41)45-18-34-10-5-11-42(34)16-20(35)15-34/h2,7-8,13-14,20-21,43-44H,5,9-12,15-18H2,1H3/t20-,21-,34+/m1/s1. The van der Waals surface area contributed by atoms with Gasteiger partial charge < -0.3 is 19.8 Å². The van der Waals surface area contributed by atoms with Crippen LogP contribution in [0.3, 0.4) is 0 Å². The third-order valence-electron chi connectivity index (χ3n) is 9.13. The third-order valence-corrected chi connectivity index (χ3v) is 9.13. The molecule has 2 N–H and O–H groups in total. The summed E-state index contributed by atoms with van der Waals surface area (Å²) in [4.78, 5) is 17.7. The van der Waals surface area contributed by atoms with E-state index in [9.17, 15) is 19.0 Å². The summed E-state index contributed by atoms with van der Waals surface area (Å²) in [5, 5.41) is 21.7. The van der Waals surface area contributed by atoms with Crippen molar-refractivity contribution < 1.29 is 28.1 Å². The summed E-state index contributed by atoms with van der Waals surface area (Å²) in [6.07, 6.45) is 6.62. The second kappa shape index (κ2) is 11.1. The molecule has 2 aromatic carbocycles. The molecule has 0 bridgehead atoms. The molecule has 0 spiro atoms. The van der Waals surface area contributed by atoms with E-state index in [1.807, 2.05) is 4.90 Å². The SMILES string of the molecule is C#Cc1c(F)ccc2cc(O)cc(-c3nc(C#CC)c4c(N5CC[C@@H](O)C5)nc(OC[C@@]56CCCN5C[C@H](F)C6)nc4c3F)c12. The minimum Gasteiger partial charge on any atom is -0.508 e. The molecule has 3 fully saturated rings. The molecule has 230 valence electrons. The Balaban J connectivity index is 1.46. The number of aliphatic hydroxyl groups is 1. The minimum atomic E-state index is -0.954. The number of aromatic hydroxyl groups is 1. The van der Waals surface area contributed by atoms with Crippen LogP contribution in [-0.4, -0.2) is 80.7 Å². The van der Waals surface area contributed by atoms with E-state index in [4.69, 9.17) is 11.2 Å². The van der Waals surface area contributed by atoms with Gasteiger partial charge in [-0.15, -0.1) is 6.42 Å². The first kappa shape index (κ1) is 29.1. The molecule has 3 aliphatic heterocycles. The average Bonchev–Trinajstić information content (AvgIpc) is 3.70. The number of alkyl halides is 1. The Bertz CT molecular complexity index is 1970. The predicted molar refractivity (Wildman–Crippen MR) is 164 cm³/mol. The van der Waals surface area contributed by atoms with E-state index in [-0.39, 0.29) is 63.7 Å². The topological polar surface area (TPSA) is 94.8 Å². The zero-order valence-electron chi connectivity index (χ0n) is 24.6. The Morgan fingerprint density at radius 1 is 1.13 bits per heavy atom. The van der Waals surface area contributed by atoms with Gasteiger partial charge in [-0.2, -0.15) is 9.97 Å². The number of aliphatic hydroxyl groups excluding tert-OH is 1. The van der Waals surface area contributed by atoms with E-state index in [2.05, 4.69) is 37.6 Å². The molecule has 3 atom stereocenters. The molecule has 0 radical (unpaired) electrons. The highest BCUT2D eigenvalue weighted by Crippen LogP contribution is 2.42. The molecule has 5 heterocycles. The number of fused-ring (bicyclic) bond motifs is 3. The number of pyridine rings is 1. The highest BCUT2D eigenvalue weighted by molar-refractivity contribution is 6.04. The van der Waals surface area contributed by atoms with Crippen LogP contribution in [0.4, 0.5) is 19.0 Å². The fourth-order valence-corrected chi connectivity index (χ4v) is 7.15. The Kier molecular flexibility index (Phi) is 7.19. The zero-order valence-corrected chi connectivity index (χ0v) is 24.6. The van der Waals surface area contributed by atoms with Crippen molar-refractivity contribution in [1.29, 1.82) is 0 Å². The Morgan fingerprint density at radius 2 is 1.98 bits per heavy atom. The van der Waals surface area contributed by atoms with E-state index < -0.39 is 29.4 Å². The fraction of sp³-hybridized carbons (Fsp3) is 0.382. The summed E-state index contributed by atoms with van der Waals surface area (Å²) < 4.78 is 52.4. The molecule has 0 unspecified atom stereocenters. The van der Waals surface area contributed by atoms with E-state index in [0.29, 0.717) is 37.1 Å². The van der Waals surface area contributed by atoms with E-state index in [1.165, 1.54) is 24.3 Å². The molecular weight excluding hydrogens is 583 g/mol. The van der Waals surface area contributed by atoms with Crippen LogP contribution in [0.25, 0.3) is 32.9 Å². The van der Waals surface area contributed by atoms with Gasteiger partial charge in [-0.1, -0.05) is 17.9 Å². The number of ether oxygens (including phenoxy) is 1. The highest BCUT2D eigenvalue weighted by atomic mass is 19.1. The van der Waals surface area contributed by atoms with Crippen molar-refractivity contribution in [2.45, 2.75) is 50.4 Å². The van der Waals surface area contributed by atoms with Gasteiger partial charge in [0.2, 0.25) is 0 Å². The highest BCUT2D eigenvalue weighted by Gasteiger charge is 2.49. The average molecular weight is 614 g/mol. The molecule has 4 aromatic rings. The number of phenols is 1. The van der Waals surface area contributed by atoms with Crippen molar-refractivity contribution in [1.82, 2.24) is 19.9 Å². The number of phenolic OH excluding ortho intramolecular Hbond substituents is 1. The molecule has 7 rings (SSSR count). The van der Waals surface area contributed by atoms with Crippen LogP contribution in [0.15, 0.2) is 24.3 Å². The van der Waals surface area contributed by atoms with Gasteiger partial charge in [0, 0.05) is 37.0 Å². The first-order valence-electron chi connectivity index (χ1n) is 14.9. The van der Waals surface area contributed by atoms with Crippen molar-refractivity contribution >= 4 is 27.5 Å². The number of hydrogen-bond donors (Lipinski definition) is 2. The lowest BCUT2D eigenvalue weighted by atomic mass is 9.95. The lowest BCUT2D eigenvalue weighted by Gasteiger charge is -2.31. The zero-order chi connectivity index (χ0) is 31.5. The van der Waals surface area contributed by atoms with Crippen LogP contribution in [0.1, 0.15) is 43.9 Å². The molecule has 3 aliphatic rings. The summed E-state index contributed by atoms with van der Waals surface area (Å²) in [7, 11) is 0. The number of halogens is 3. The maximum absolute atomic E-state index is 16.9. The normalized spacial score (nSPS) is 22.9. The maximum Gasteiger partial charge on any atom is 0.319 e. The number of benzene rings is 2. The van der Waals surface area contributed by atoms with Gasteiger partial charge in [0.25, 0.3) is 0 Å². The van der Waals surface area contributed by atoms with Crippen LogP contribution in [0.2, 0.25) is 0 Å². The van der Waals surface area contributed by atoms with Gasteiger partial charge in [-0.3, -0.25) is 4.90 Å². The van der Waals surface area contributed by atoms with Gasteiger partial charge in [0.1, 0.15) is 47.1 Å². The summed E-state index contributed by atoms with van der Waals surface area (Å²) in [5.74, 6) is 6.65. The Hall–Kier alpha value is -4.58. The Labute approximate surface area is 257 Å². The fourth-order valence-electron chi connectivity index (χ4n) is 7.15. The summed E-state index contributed by atoms with van der Waals surface area (Å²) in [6, 6.07) is 5.22. The van der Waals surface area contributed by atoms with Crippen molar-refractivity contribution in [3.05, 3.63) is 47.2 Å². The van der Waals surface area contributed by atoms with Gasteiger partial charge in [0.05, 0.1) is 22.6 Å². The lowest BCUT2D eigenvalue weighted by molar-refractivity contribution is 0.107. The minimum absolute atomic E-state index is 0.0654. The molecule has 0 aliphatic carbocycles. The van der Waals surface area contributed by atoms with Crippen LogP contribution in [-0.2, 0) is 0 Å². The van der Waals surface area contributed by atoms with Crippen LogP contribution >= 0.6 is 0 Å². The van der Waals surface area contributed by atoms with Gasteiger partial charge in [-0.05, 0) is 62.2 Å². The van der Waals surface area contributed by atoms with Crippen molar-refractivity contribution in [2.75, 3.05) is 37.7 Å². The molecule has 0 amide bonds. The van der Waals surface area contributed by atoms with E-state index in [1.54, 1.807) is 6.92 Å². The van der Waals surface area contributed by atoms with Gasteiger partial charge >= 0.3 is 6.01 Å². The van der Waals surface area contributed by atoms with Gasteiger partial charge in [0.15, 0.2) is 5.82 Å². The number of aromatic nitrogens is 3. The number of β-amino-alcohol motifs (C(OH)–C–C–N with tert-alkyl or cyclic N) is 1. The number of hydrogen-bond acceptors (Lipinski definition) is 8. The quantitative estimate of drug-likeness (QED) is 0.313.